The lowest BCUT2D eigenvalue weighted by molar-refractivity contribution is -0.150. The van der Waals surface area contributed by atoms with Crippen molar-refractivity contribution in [3.8, 4) is 11.8 Å². The number of para-hydroxylation sites is 1. The van der Waals surface area contributed by atoms with E-state index in [4.69, 9.17) is 14.2 Å². The molecule has 0 spiro atoms. The maximum absolute atomic E-state index is 13.6. The van der Waals surface area contributed by atoms with Gasteiger partial charge in [0.1, 0.15) is 17.9 Å². The number of carbonyl (C=O) groups is 2. The fourth-order valence-corrected chi connectivity index (χ4v) is 5.19. The van der Waals surface area contributed by atoms with Crippen LogP contribution in [0.4, 0.5) is 0 Å². The summed E-state index contributed by atoms with van der Waals surface area (Å²) < 4.78 is 18.1. The third-order valence-electron chi connectivity index (χ3n) is 7.32. The molecule has 4 atom stereocenters. The van der Waals surface area contributed by atoms with Crippen LogP contribution >= 0.6 is 0 Å². The first-order valence-corrected chi connectivity index (χ1v) is 12.8. The highest BCUT2D eigenvalue weighted by Gasteiger charge is 2.34. The van der Waals surface area contributed by atoms with Gasteiger partial charge < -0.3 is 24.0 Å². The SMILES string of the molecule is CO[C@@H]1CC[C@@H]2CCOc3c(C#N)cccc3C(=O)N(C)C[C@H](c3ccccc3)CC(=O)N(C)C[C@H]1O2. The van der Waals surface area contributed by atoms with Gasteiger partial charge in [0.15, 0.2) is 0 Å². The monoisotopic (exact) mass is 505 g/mol. The largest absolute Gasteiger partial charge is 0.491 e. The number of methoxy groups -OCH3 is 1. The predicted molar refractivity (Wildman–Crippen MR) is 138 cm³/mol. The van der Waals surface area contributed by atoms with Gasteiger partial charge in [-0.2, -0.15) is 5.26 Å². The molecule has 0 N–H and O–H groups in total. The summed E-state index contributed by atoms with van der Waals surface area (Å²) >= 11 is 0. The summed E-state index contributed by atoms with van der Waals surface area (Å²) in [6.45, 7) is 1.06. The highest BCUT2D eigenvalue weighted by atomic mass is 16.5. The second kappa shape index (κ2) is 12.2. The van der Waals surface area contributed by atoms with Gasteiger partial charge in [-0.25, -0.2) is 0 Å². The zero-order chi connectivity index (χ0) is 26.4. The minimum absolute atomic E-state index is 0.0159. The molecule has 2 aromatic rings. The number of nitrogens with zero attached hydrogens (tertiary/aromatic N) is 3. The summed E-state index contributed by atoms with van der Waals surface area (Å²) in [6, 6.07) is 17.0. The van der Waals surface area contributed by atoms with Crippen molar-refractivity contribution in [3.63, 3.8) is 0 Å². The molecule has 0 aromatic heterocycles. The Morgan fingerprint density at radius 3 is 2.49 bits per heavy atom. The molecule has 8 nitrogen and oxygen atoms in total. The molecule has 1 fully saturated rings. The van der Waals surface area contributed by atoms with Gasteiger partial charge in [-0.05, 0) is 30.5 Å². The Hall–Kier alpha value is -3.41. The number of ether oxygens (including phenoxy) is 3. The molecule has 196 valence electrons. The van der Waals surface area contributed by atoms with E-state index in [1.165, 1.54) is 0 Å². The molecule has 37 heavy (non-hydrogen) atoms. The molecule has 0 radical (unpaired) electrons. The Morgan fingerprint density at radius 1 is 0.973 bits per heavy atom. The van der Waals surface area contributed by atoms with Crippen LogP contribution in [0, 0.1) is 11.3 Å². The van der Waals surface area contributed by atoms with Gasteiger partial charge in [0, 0.05) is 53.1 Å². The maximum Gasteiger partial charge on any atom is 0.257 e. The van der Waals surface area contributed by atoms with Gasteiger partial charge >= 0.3 is 0 Å². The van der Waals surface area contributed by atoms with Crippen molar-refractivity contribution in [1.29, 1.82) is 5.26 Å². The molecule has 2 amide bonds. The molecular formula is C29H35N3O5. The van der Waals surface area contributed by atoms with Gasteiger partial charge in [-0.15, -0.1) is 0 Å². The van der Waals surface area contributed by atoms with Crippen molar-refractivity contribution in [1.82, 2.24) is 9.80 Å². The van der Waals surface area contributed by atoms with Crippen LogP contribution in [-0.4, -0.2) is 80.8 Å². The lowest BCUT2D eigenvalue weighted by Gasteiger charge is -2.38. The van der Waals surface area contributed by atoms with Crippen molar-refractivity contribution in [2.24, 2.45) is 0 Å². The molecule has 2 aliphatic heterocycles. The molecule has 1 saturated heterocycles. The minimum Gasteiger partial charge on any atom is -0.491 e. The summed E-state index contributed by atoms with van der Waals surface area (Å²) in [7, 11) is 5.20. The van der Waals surface area contributed by atoms with Crippen LogP contribution in [-0.2, 0) is 14.3 Å². The number of rotatable bonds is 2. The van der Waals surface area contributed by atoms with Crippen LogP contribution in [0.5, 0.6) is 5.75 Å². The minimum atomic E-state index is -0.252. The molecule has 8 heteroatoms. The normalized spacial score (nSPS) is 25.7. The zero-order valence-electron chi connectivity index (χ0n) is 21.8. The Morgan fingerprint density at radius 2 is 1.76 bits per heavy atom. The molecule has 4 rings (SSSR count). The molecule has 2 bridgehead atoms. The van der Waals surface area contributed by atoms with Crippen LogP contribution in [0.3, 0.4) is 0 Å². The van der Waals surface area contributed by atoms with E-state index in [1.54, 1.807) is 49.2 Å². The van der Waals surface area contributed by atoms with Crippen LogP contribution in [0.25, 0.3) is 0 Å². The van der Waals surface area contributed by atoms with Crippen molar-refractivity contribution in [2.75, 3.05) is 40.9 Å². The van der Waals surface area contributed by atoms with Gasteiger partial charge in [-0.3, -0.25) is 9.59 Å². The summed E-state index contributed by atoms with van der Waals surface area (Å²) in [5.41, 5.74) is 1.64. The zero-order valence-corrected chi connectivity index (χ0v) is 21.8. The number of amides is 2. The van der Waals surface area contributed by atoms with Gasteiger partial charge in [0.2, 0.25) is 5.91 Å². The van der Waals surface area contributed by atoms with Crippen molar-refractivity contribution in [2.45, 2.75) is 49.9 Å². The van der Waals surface area contributed by atoms with Crippen molar-refractivity contribution in [3.05, 3.63) is 65.2 Å². The Labute approximate surface area is 218 Å². The van der Waals surface area contributed by atoms with E-state index >= 15 is 0 Å². The number of nitriles is 1. The Bertz CT molecular complexity index is 1130. The van der Waals surface area contributed by atoms with Crippen molar-refractivity contribution >= 4 is 11.8 Å². The fourth-order valence-electron chi connectivity index (χ4n) is 5.19. The van der Waals surface area contributed by atoms with E-state index in [2.05, 4.69) is 6.07 Å². The number of likely N-dealkylation sites (N-methyl/N-ethyl adjacent to an activating group) is 2. The van der Waals surface area contributed by atoms with Gasteiger partial charge in [-0.1, -0.05) is 36.4 Å². The highest BCUT2D eigenvalue weighted by Crippen LogP contribution is 2.30. The number of carbonyl (C=O) groups excluding carboxylic acids is 2. The van der Waals surface area contributed by atoms with Crippen LogP contribution in [0.2, 0.25) is 0 Å². The van der Waals surface area contributed by atoms with E-state index < -0.39 is 0 Å². The lowest BCUT2D eigenvalue weighted by atomic mass is 9.93. The van der Waals surface area contributed by atoms with Crippen LogP contribution in [0.1, 0.15) is 53.1 Å². The molecular weight excluding hydrogens is 470 g/mol. The Balaban J connectivity index is 1.69. The van der Waals surface area contributed by atoms with E-state index in [0.29, 0.717) is 43.0 Å². The van der Waals surface area contributed by atoms with Crippen LogP contribution in [0.15, 0.2) is 48.5 Å². The summed E-state index contributed by atoms with van der Waals surface area (Å²) in [5, 5.41) is 9.69. The van der Waals surface area contributed by atoms with E-state index in [-0.39, 0.29) is 42.5 Å². The predicted octanol–water partition coefficient (Wildman–Crippen LogP) is 3.61. The summed E-state index contributed by atoms with van der Waals surface area (Å²) in [6.07, 6.45) is 2.07. The number of hydrogen-bond donors (Lipinski definition) is 0. The molecule has 2 heterocycles. The highest BCUT2D eigenvalue weighted by molar-refractivity contribution is 5.97. The van der Waals surface area contributed by atoms with E-state index in [0.717, 1.165) is 18.4 Å². The second-order valence-corrected chi connectivity index (χ2v) is 9.85. The molecule has 2 aliphatic rings. The molecule has 2 aromatic carbocycles. The number of hydrogen-bond acceptors (Lipinski definition) is 6. The molecule has 0 aliphatic carbocycles. The topological polar surface area (TPSA) is 92.1 Å². The second-order valence-electron chi connectivity index (χ2n) is 9.85. The fraction of sp³-hybridized carbons (Fsp3) is 0.483. The quantitative estimate of drug-likeness (QED) is 0.619. The molecule has 0 saturated carbocycles. The first kappa shape index (κ1) is 26.6. The van der Waals surface area contributed by atoms with Gasteiger partial charge in [0.25, 0.3) is 5.91 Å². The number of fused-ring (bicyclic) bond motifs is 3. The first-order valence-electron chi connectivity index (χ1n) is 12.8. The Kier molecular flexibility index (Phi) is 8.80. The van der Waals surface area contributed by atoms with E-state index in [9.17, 15) is 14.9 Å². The van der Waals surface area contributed by atoms with E-state index in [1.807, 2.05) is 30.3 Å². The molecule has 0 unspecified atom stereocenters. The lowest BCUT2D eigenvalue weighted by Crippen LogP contribution is -2.48. The standard InChI is InChI=1S/C29H35N3O5/c1-31-19-26-25(35-3)13-12-23(37-26)14-15-36-28-21(17-30)10-7-11-24(28)29(34)32(2)18-22(16-27(31)33)20-8-5-4-6-9-20/h4-11,22-23,25-26H,12-16,18-19H2,1-3H3/t22-,23-,25-,26-/m1/s1. The van der Waals surface area contributed by atoms with Crippen LogP contribution < -0.4 is 4.74 Å². The first-order chi connectivity index (χ1) is 17.9. The van der Waals surface area contributed by atoms with Gasteiger partial charge in [0.05, 0.1) is 29.9 Å². The summed E-state index contributed by atoms with van der Waals surface area (Å²) in [5.74, 6) is -0.182. The van der Waals surface area contributed by atoms with Crippen molar-refractivity contribution < 1.29 is 23.8 Å². The third-order valence-corrected chi connectivity index (χ3v) is 7.32. The maximum atomic E-state index is 13.6. The number of benzene rings is 2. The average molecular weight is 506 g/mol. The third kappa shape index (κ3) is 6.30. The average Bonchev–Trinajstić information content (AvgIpc) is 2.92. The smallest absolute Gasteiger partial charge is 0.257 e. The summed E-state index contributed by atoms with van der Waals surface area (Å²) in [4.78, 5) is 30.3.